The van der Waals surface area contributed by atoms with E-state index in [0.29, 0.717) is 24.6 Å². The maximum absolute atomic E-state index is 12.4. The Morgan fingerprint density at radius 3 is 3.12 bits per heavy atom. The number of hydrogen-bond acceptors (Lipinski definition) is 7. The number of amides is 1. The summed E-state index contributed by atoms with van der Waals surface area (Å²) in [5.74, 6) is 2.27. The molecular formula is C18H17N3O5. The van der Waals surface area contributed by atoms with Crippen LogP contribution < -0.4 is 14.8 Å². The number of nitrogens with one attached hydrogen (secondary N) is 1. The van der Waals surface area contributed by atoms with Crippen LogP contribution in [0, 0.1) is 5.92 Å². The van der Waals surface area contributed by atoms with Crippen LogP contribution in [0.5, 0.6) is 11.5 Å². The molecule has 2 aromatic heterocycles. The zero-order chi connectivity index (χ0) is 17.9. The molecule has 8 heteroatoms. The number of aromatic nitrogens is 2. The van der Waals surface area contributed by atoms with Crippen LogP contribution in [0.1, 0.15) is 11.4 Å². The Labute approximate surface area is 149 Å². The summed E-state index contributed by atoms with van der Waals surface area (Å²) < 4.78 is 21.2. The second-order valence-electron chi connectivity index (χ2n) is 5.90. The minimum absolute atomic E-state index is 0.122. The number of rotatable bonds is 5. The first-order valence-corrected chi connectivity index (χ1v) is 8.17. The Morgan fingerprint density at radius 1 is 1.38 bits per heavy atom. The van der Waals surface area contributed by atoms with Crippen molar-refractivity contribution in [1.82, 2.24) is 15.5 Å². The van der Waals surface area contributed by atoms with E-state index in [4.69, 9.17) is 18.4 Å². The number of carbonyl (C=O) groups excluding carboxylic acids is 1. The molecule has 1 N–H and O–H groups in total. The molecule has 1 aliphatic heterocycles. The molecule has 0 unspecified atom stereocenters. The van der Waals surface area contributed by atoms with Gasteiger partial charge in [-0.3, -0.25) is 4.79 Å². The molecule has 0 saturated heterocycles. The van der Waals surface area contributed by atoms with E-state index < -0.39 is 0 Å². The molecule has 1 amide bonds. The monoisotopic (exact) mass is 355 g/mol. The molecule has 3 heterocycles. The molecule has 0 saturated carbocycles. The van der Waals surface area contributed by atoms with Crippen molar-refractivity contribution in [3.05, 3.63) is 48.0 Å². The van der Waals surface area contributed by atoms with Crippen molar-refractivity contribution < 1.29 is 23.2 Å². The van der Waals surface area contributed by atoms with E-state index in [1.54, 1.807) is 19.2 Å². The fraction of sp³-hybridized carbons (Fsp3) is 0.278. The van der Waals surface area contributed by atoms with Gasteiger partial charge in [-0.2, -0.15) is 4.98 Å². The number of benzene rings is 1. The highest BCUT2D eigenvalue weighted by molar-refractivity contribution is 5.79. The number of fused-ring (bicyclic) bond motifs is 1. The first kappa shape index (κ1) is 16.2. The zero-order valence-corrected chi connectivity index (χ0v) is 14.1. The highest BCUT2D eigenvalue weighted by atomic mass is 16.5. The SMILES string of the molecule is COc1ccc2c(c1)C[C@H](C(=O)NCc1noc(-c3ccco3)n1)CO2. The lowest BCUT2D eigenvalue weighted by Crippen LogP contribution is -2.37. The average Bonchev–Trinajstić information content (AvgIpc) is 3.36. The predicted molar refractivity (Wildman–Crippen MR) is 89.5 cm³/mol. The third-order valence-corrected chi connectivity index (χ3v) is 4.17. The summed E-state index contributed by atoms with van der Waals surface area (Å²) in [6, 6.07) is 9.05. The Kier molecular flexibility index (Phi) is 4.30. The fourth-order valence-corrected chi connectivity index (χ4v) is 2.80. The fourth-order valence-electron chi connectivity index (χ4n) is 2.80. The number of furan rings is 1. The Balaban J connectivity index is 1.36. The third kappa shape index (κ3) is 3.26. The molecular weight excluding hydrogens is 338 g/mol. The van der Waals surface area contributed by atoms with Gasteiger partial charge in [-0.1, -0.05) is 5.16 Å². The molecule has 134 valence electrons. The van der Waals surface area contributed by atoms with Crippen molar-refractivity contribution >= 4 is 5.91 Å². The lowest BCUT2D eigenvalue weighted by atomic mass is 9.96. The third-order valence-electron chi connectivity index (χ3n) is 4.17. The summed E-state index contributed by atoms with van der Waals surface area (Å²) >= 11 is 0. The van der Waals surface area contributed by atoms with Crippen LogP contribution in [-0.2, 0) is 17.8 Å². The van der Waals surface area contributed by atoms with E-state index in [9.17, 15) is 4.79 Å². The predicted octanol–water partition coefficient (Wildman–Crippen LogP) is 2.21. The standard InChI is InChI=1S/C18H17N3O5/c1-23-13-4-5-14-11(8-13)7-12(10-25-14)17(22)19-9-16-20-18(26-21-16)15-3-2-6-24-15/h2-6,8,12H,7,9-10H2,1H3,(H,19,22)/t12-/m0/s1. The number of ether oxygens (including phenoxy) is 2. The van der Waals surface area contributed by atoms with Crippen LogP contribution in [0.15, 0.2) is 45.5 Å². The van der Waals surface area contributed by atoms with Crippen LogP contribution in [0.2, 0.25) is 0 Å². The van der Waals surface area contributed by atoms with Gasteiger partial charge < -0.3 is 23.7 Å². The highest BCUT2D eigenvalue weighted by Gasteiger charge is 2.26. The molecule has 0 radical (unpaired) electrons. The van der Waals surface area contributed by atoms with Gasteiger partial charge in [0, 0.05) is 0 Å². The lowest BCUT2D eigenvalue weighted by molar-refractivity contribution is -0.126. The largest absolute Gasteiger partial charge is 0.497 e. The molecule has 1 aliphatic rings. The molecule has 8 nitrogen and oxygen atoms in total. The smallest absolute Gasteiger partial charge is 0.293 e. The van der Waals surface area contributed by atoms with E-state index >= 15 is 0 Å². The molecule has 26 heavy (non-hydrogen) atoms. The lowest BCUT2D eigenvalue weighted by Gasteiger charge is -2.24. The van der Waals surface area contributed by atoms with Gasteiger partial charge in [-0.25, -0.2) is 0 Å². The van der Waals surface area contributed by atoms with E-state index in [2.05, 4.69) is 15.5 Å². The first-order chi connectivity index (χ1) is 12.7. The number of carbonyl (C=O) groups is 1. The molecule has 1 atom stereocenters. The zero-order valence-electron chi connectivity index (χ0n) is 14.1. The minimum Gasteiger partial charge on any atom is -0.497 e. The van der Waals surface area contributed by atoms with E-state index in [-0.39, 0.29) is 24.3 Å². The maximum atomic E-state index is 12.4. The molecule has 3 aromatic rings. The van der Waals surface area contributed by atoms with Gasteiger partial charge >= 0.3 is 0 Å². The van der Waals surface area contributed by atoms with Gasteiger partial charge in [0.1, 0.15) is 18.1 Å². The van der Waals surface area contributed by atoms with Crippen molar-refractivity contribution in [3.63, 3.8) is 0 Å². The van der Waals surface area contributed by atoms with Crippen LogP contribution in [-0.4, -0.2) is 29.8 Å². The van der Waals surface area contributed by atoms with Crippen molar-refractivity contribution in [2.45, 2.75) is 13.0 Å². The van der Waals surface area contributed by atoms with Crippen molar-refractivity contribution in [2.24, 2.45) is 5.92 Å². The average molecular weight is 355 g/mol. The topological polar surface area (TPSA) is 99.6 Å². The van der Waals surface area contributed by atoms with Gasteiger partial charge in [0.05, 0.1) is 25.8 Å². The molecule has 0 aliphatic carbocycles. The molecule has 1 aromatic carbocycles. The quantitative estimate of drug-likeness (QED) is 0.749. The van der Waals surface area contributed by atoms with Crippen LogP contribution in [0.4, 0.5) is 0 Å². The molecule has 0 bridgehead atoms. The van der Waals surface area contributed by atoms with Gasteiger partial charge in [0.2, 0.25) is 5.91 Å². The summed E-state index contributed by atoms with van der Waals surface area (Å²) in [7, 11) is 1.61. The van der Waals surface area contributed by atoms with Gasteiger partial charge in [0.15, 0.2) is 11.6 Å². The van der Waals surface area contributed by atoms with Crippen molar-refractivity contribution in [1.29, 1.82) is 0 Å². The summed E-state index contributed by atoms with van der Waals surface area (Å²) in [6.07, 6.45) is 2.11. The van der Waals surface area contributed by atoms with E-state index in [1.807, 2.05) is 18.2 Å². The minimum atomic E-state index is -0.286. The normalized spacial score (nSPS) is 15.8. The molecule has 0 spiro atoms. The summed E-state index contributed by atoms with van der Waals surface area (Å²) in [5.41, 5.74) is 0.954. The van der Waals surface area contributed by atoms with Gasteiger partial charge in [-0.15, -0.1) is 0 Å². The highest BCUT2D eigenvalue weighted by Crippen LogP contribution is 2.30. The number of hydrogen-bond donors (Lipinski definition) is 1. The Hall–Kier alpha value is -3.29. The van der Waals surface area contributed by atoms with Gasteiger partial charge in [-0.05, 0) is 42.3 Å². The number of nitrogens with zero attached hydrogens (tertiary/aromatic N) is 2. The van der Waals surface area contributed by atoms with Crippen LogP contribution >= 0.6 is 0 Å². The summed E-state index contributed by atoms with van der Waals surface area (Å²) in [6.45, 7) is 0.500. The Bertz CT molecular complexity index is 903. The second-order valence-corrected chi connectivity index (χ2v) is 5.90. The van der Waals surface area contributed by atoms with Crippen molar-refractivity contribution in [2.75, 3.05) is 13.7 Å². The summed E-state index contributed by atoms with van der Waals surface area (Å²) in [4.78, 5) is 16.6. The van der Waals surface area contributed by atoms with Crippen LogP contribution in [0.25, 0.3) is 11.7 Å². The second kappa shape index (κ2) is 6.91. The van der Waals surface area contributed by atoms with Gasteiger partial charge in [0.25, 0.3) is 5.89 Å². The van der Waals surface area contributed by atoms with Crippen molar-refractivity contribution in [3.8, 4) is 23.1 Å². The summed E-state index contributed by atoms with van der Waals surface area (Å²) in [5, 5.41) is 6.66. The maximum Gasteiger partial charge on any atom is 0.293 e. The van der Waals surface area contributed by atoms with Crippen LogP contribution in [0.3, 0.4) is 0 Å². The van der Waals surface area contributed by atoms with E-state index in [1.165, 1.54) is 6.26 Å². The molecule has 0 fully saturated rings. The van der Waals surface area contributed by atoms with E-state index in [0.717, 1.165) is 17.1 Å². The molecule has 4 rings (SSSR count). The Morgan fingerprint density at radius 2 is 2.31 bits per heavy atom. The number of methoxy groups -OCH3 is 1. The first-order valence-electron chi connectivity index (χ1n) is 8.17.